The van der Waals surface area contributed by atoms with Crippen molar-refractivity contribution >= 4 is 28.7 Å². The van der Waals surface area contributed by atoms with Crippen molar-refractivity contribution in [3.8, 4) is 0 Å². The number of rotatable bonds is 8. The summed E-state index contributed by atoms with van der Waals surface area (Å²) in [5.74, 6) is 0.668. The second-order valence-electron chi connectivity index (χ2n) is 12.2. The lowest BCUT2D eigenvalue weighted by Gasteiger charge is -2.33. The van der Waals surface area contributed by atoms with E-state index < -0.39 is 0 Å². The van der Waals surface area contributed by atoms with E-state index in [-0.39, 0.29) is 5.41 Å². The highest BCUT2D eigenvalue weighted by atomic mass is 16.2. The summed E-state index contributed by atoms with van der Waals surface area (Å²) < 4.78 is 2.46. The van der Waals surface area contributed by atoms with E-state index in [1.807, 2.05) is 6.07 Å². The maximum atomic E-state index is 14.3. The fourth-order valence-electron chi connectivity index (χ4n) is 7.45. The predicted octanol–water partition coefficient (Wildman–Crippen LogP) is 7.66. The number of likely N-dealkylation sites (tertiary alicyclic amines) is 1. The van der Waals surface area contributed by atoms with E-state index in [1.54, 1.807) is 0 Å². The Kier molecular flexibility index (Phi) is 6.92. The van der Waals surface area contributed by atoms with E-state index in [1.165, 1.54) is 71.9 Å². The molecule has 0 spiro atoms. The molecule has 200 valence electrons. The smallest absolute Gasteiger partial charge is 0.231 e. The van der Waals surface area contributed by atoms with Crippen LogP contribution < -0.4 is 0 Å². The largest absolute Gasteiger partial charge is 0.342 e. The van der Waals surface area contributed by atoms with Crippen molar-refractivity contribution in [3.63, 3.8) is 0 Å². The third-order valence-corrected chi connectivity index (χ3v) is 9.55. The van der Waals surface area contributed by atoms with Crippen LogP contribution in [0.5, 0.6) is 0 Å². The second-order valence-corrected chi connectivity index (χ2v) is 12.2. The van der Waals surface area contributed by atoms with Gasteiger partial charge in [-0.25, -0.2) is 0 Å². The molecule has 2 aliphatic carbocycles. The normalized spacial score (nSPS) is 24.3. The summed E-state index contributed by atoms with van der Waals surface area (Å²) in [4.78, 5) is 28.3. The second kappa shape index (κ2) is 10.4. The zero-order valence-electron chi connectivity index (χ0n) is 23.2. The van der Waals surface area contributed by atoms with Crippen molar-refractivity contribution in [3.05, 3.63) is 64.4 Å². The van der Waals surface area contributed by atoms with E-state index in [9.17, 15) is 9.59 Å². The van der Waals surface area contributed by atoms with Crippen molar-refractivity contribution in [2.45, 2.75) is 91.0 Å². The molecule has 1 amide bonds. The molecule has 2 atom stereocenters. The van der Waals surface area contributed by atoms with Gasteiger partial charge < -0.3 is 9.47 Å². The van der Waals surface area contributed by atoms with Gasteiger partial charge >= 0.3 is 0 Å². The van der Waals surface area contributed by atoms with Crippen LogP contribution in [0.4, 0.5) is 0 Å². The topological polar surface area (TPSA) is 42.3 Å². The number of piperidine rings is 1. The number of aryl methyl sites for hydroxylation is 1. The molecule has 0 radical (unpaired) electrons. The minimum absolute atomic E-state index is 0.305. The number of nitrogens with zero attached hydrogens (tertiary/aromatic N) is 2. The summed E-state index contributed by atoms with van der Waals surface area (Å²) in [5.41, 5.74) is 8.27. The number of carbonyl (C=O) groups is 2. The Morgan fingerprint density at radius 3 is 2.68 bits per heavy atom. The summed E-state index contributed by atoms with van der Waals surface area (Å²) in [6.07, 6.45) is 20.5. The molecule has 2 aromatic rings. The molecule has 2 bridgehead atoms. The lowest BCUT2D eigenvalue weighted by Crippen LogP contribution is -2.43. The van der Waals surface area contributed by atoms with Gasteiger partial charge in [-0.2, -0.15) is 0 Å². The summed E-state index contributed by atoms with van der Waals surface area (Å²) in [6, 6.07) is 6.20. The summed E-state index contributed by atoms with van der Waals surface area (Å²) in [5, 5.41) is 1.26. The monoisotopic (exact) mass is 510 g/mol. The van der Waals surface area contributed by atoms with Gasteiger partial charge in [0.05, 0.1) is 5.41 Å². The number of amides is 1. The molecule has 1 aromatic heterocycles. The molecular formula is C34H42N2O2. The molecule has 0 N–H and O–H groups in total. The standard InChI is InChI=1S/C34H42N2O2/c1-3-4-5-6-8-11-29-28-15-13-25(22-37)19-31(28)36-23-34(33(38)35-16-9-7-10-17-35)21-30(34)27-18-24(2)12-14-26(20-27)32(29)36/h12-15,18-19,22,30H,3-11,16-17,20-21,23H2,1-2H3. The lowest BCUT2D eigenvalue weighted by atomic mass is 9.88. The fraction of sp³-hybridized carbons (Fsp3) is 0.529. The van der Waals surface area contributed by atoms with E-state index >= 15 is 0 Å². The molecule has 1 aromatic carbocycles. The quantitative estimate of drug-likeness (QED) is 0.270. The van der Waals surface area contributed by atoms with Crippen molar-refractivity contribution in [1.82, 2.24) is 9.47 Å². The average molecular weight is 511 g/mol. The molecule has 1 saturated heterocycles. The highest BCUT2D eigenvalue weighted by molar-refractivity contribution is 5.95. The zero-order valence-corrected chi connectivity index (χ0v) is 23.2. The van der Waals surface area contributed by atoms with E-state index in [0.717, 1.165) is 57.0 Å². The Labute approximate surface area is 227 Å². The van der Waals surface area contributed by atoms with Gasteiger partial charge in [0.2, 0.25) is 5.91 Å². The van der Waals surface area contributed by atoms with Gasteiger partial charge in [0, 0.05) is 41.8 Å². The maximum Gasteiger partial charge on any atom is 0.231 e. The first-order valence-corrected chi connectivity index (χ1v) is 15.0. The predicted molar refractivity (Wildman–Crippen MR) is 155 cm³/mol. The lowest BCUT2D eigenvalue weighted by molar-refractivity contribution is -0.139. The first-order valence-electron chi connectivity index (χ1n) is 15.0. The van der Waals surface area contributed by atoms with Gasteiger partial charge in [-0.05, 0) is 75.0 Å². The van der Waals surface area contributed by atoms with Crippen LogP contribution in [-0.4, -0.2) is 34.7 Å². The number of allylic oxidation sites excluding steroid dienone is 6. The number of unbranched alkanes of at least 4 members (excludes halogenated alkanes) is 4. The number of hydrogen-bond donors (Lipinski definition) is 0. The van der Waals surface area contributed by atoms with Gasteiger partial charge in [0.1, 0.15) is 6.29 Å². The van der Waals surface area contributed by atoms with Gasteiger partial charge in [-0.15, -0.1) is 0 Å². The van der Waals surface area contributed by atoms with E-state index in [4.69, 9.17) is 0 Å². The molecule has 38 heavy (non-hydrogen) atoms. The summed E-state index contributed by atoms with van der Waals surface area (Å²) in [7, 11) is 0. The summed E-state index contributed by atoms with van der Waals surface area (Å²) in [6.45, 7) is 6.96. The minimum atomic E-state index is -0.365. The minimum Gasteiger partial charge on any atom is -0.342 e. The molecule has 2 unspecified atom stereocenters. The third kappa shape index (κ3) is 4.40. The first kappa shape index (κ1) is 25.4. The Hall–Kier alpha value is -2.88. The van der Waals surface area contributed by atoms with Crippen LogP contribution in [0.1, 0.15) is 99.7 Å². The van der Waals surface area contributed by atoms with Crippen LogP contribution >= 0.6 is 0 Å². The molecule has 2 aliphatic heterocycles. The van der Waals surface area contributed by atoms with Crippen LogP contribution in [0, 0.1) is 11.3 Å². The molecular weight excluding hydrogens is 468 g/mol. The summed E-state index contributed by atoms with van der Waals surface area (Å²) >= 11 is 0. The van der Waals surface area contributed by atoms with Crippen LogP contribution in [0.2, 0.25) is 0 Å². The molecule has 6 rings (SSSR count). The highest BCUT2D eigenvalue weighted by Crippen LogP contribution is 2.62. The van der Waals surface area contributed by atoms with Gasteiger partial charge in [0.15, 0.2) is 0 Å². The number of aldehydes is 1. The van der Waals surface area contributed by atoms with Gasteiger partial charge in [-0.3, -0.25) is 9.59 Å². The van der Waals surface area contributed by atoms with Crippen LogP contribution in [0.3, 0.4) is 0 Å². The molecule has 2 fully saturated rings. The Bertz CT molecular complexity index is 1350. The molecule has 4 nitrogen and oxygen atoms in total. The molecule has 3 heterocycles. The molecule has 1 saturated carbocycles. The number of aromatic nitrogens is 1. The highest BCUT2D eigenvalue weighted by Gasteiger charge is 2.63. The number of fused-ring (bicyclic) bond motifs is 8. The van der Waals surface area contributed by atoms with E-state index in [2.05, 4.69) is 53.7 Å². The van der Waals surface area contributed by atoms with Crippen LogP contribution in [0.25, 0.3) is 16.5 Å². The molecule has 4 heteroatoms. The zero-order chi connectivity index (χ0) is 26.3. The van der Waals surface area contributed by atoms with Crippen LogP contribution in [0.15, 0.2) is 47.6 Å². The average Bonchev–Trinajstić information content (AvgIpc) is 3.63. The third-order valence-electron chi connectivity index (χ3n) is 9.55. The van der Waals surface area contributed by atoms with Gasteiger partial charge in [-0.1, -0.05) is 74.1 Å². The number of carbonyl (C=O) groups excluding carboxylic acids is 2. The van der Waals surface area contributed by atoms with E-state index in [0.29, 0.717) is 23.9 Å². The van der Waals surface area contributed by atoms with Crippen molar-refractivity contribution in [2.75, 3.05) is 13.1 Å². The number of hydrogen-bond acceptors (Lipinski definition) is 2. The SMILES string of the molecule is CCCCCCCc1c2n(c3cc(C=O)ccc13)CC1(C(=O)N3CCCCC3)CC1C1=CC(C)=CC=C2C1. The van der Waals surface area contributed by atoms with Crippen molar-refractivity contribution in [2.24, 2.45) is 11.3 Å². The Morgan fingerprint density at radius 2 is 1.89 bits per heavy atom. The van der Waals surface area contributed by atoms with Crippen molar-refractivity contribution < 1.29 is 9.59 Å². The van der Waals surface area contributed by atoms with Crippen molar-refractivity contribution in [1.29, 1.82) is 0 Å². The first-order chi connectivity index (χ1) is 18.6. The Morgan fingerprint density at radius 1 is 1.08 bits per heavy atom. The van der Waals surface area contributed by atoms with Gasteiger partial charge in [0.25, 0.3) is 0 Å². The number of benzene rings is 1. The Balaban J connectivity index is 1.50. The fourth-order valence-corrected chi connectivity index (χ4v) is 7.45. The maximum absolute atomic E-state index is 14.3. The molecule has 4 aliphatic rings. The van der Waals surface area contributed by atoms with Crippen LogP contribution in [-0.2, 0) is 17.8 Å².